The highest BCUT2D eigenvalue weighted by Gasteiger charge is 2.09. The van der Waals surface area contributed by atoms with Crippen molar-refractivity contribution in [2.45, 2.75) is 13.3 Å². The molecule has 0 fully saturated rings. The molecule has 0 aliphatic heterocycles. The van der Waals surface area contributed by atoms with Crippen LogP contribution in [0.4, 0.5) is 10.5 Å². The molecule has 0 atom stereocenters. The number of hydrogen-bond donors (Lipinski definition) is 1. The van der Waals surface area contributed by atoms with Crippen molar-refractivity contribution >= 4 is 34.9 Å². The van der Waals surface area contributed by atoms with Crippen LogP contribution >= 0.6 is 23.2 Å². The molecule has 1 aromatic carbocycles. The quantitative estimate of drug-likeness (QED) is 0.850. The van der Waals surface area contributed by atoms with Crippen molar-refractivity contribution in [1.29, 1.82) is 0 Å². The number of hydrogen-bond acceptors (Lipinski definition) is 2. The summed E-state index contributed by atoms with van der Waals surface area (Å²) < 4.78 is 0. The Bertz CT molecular complexity index is 399. The number of halogens is 2. The zero-order valence-electron chi connectivity index (χ0n) is 9.67. The lowest BCUT2D eigenvalue weighted by atomic mass is 10.3. The number of nitrogens with zero attached hydrogens (tertiary/aromatic N) is 1. The van der Waals surface area contributed by atoms with E-state index >= 15 is 0 Å². The highest BCUT2D eigenvalue weighted by atomic mass is 35.5. The second-order valence-electron chi connectivity index (χ2n) is 3.39. The van der Waals surface area contributed by atoms with Crippen LogP contribution in [-0.4, -0.2) is 24.7 Å². The standard InChI is InChI=1S/C11H14Cl2N2O2/c1-3-6-17-15(2)11(16)14-8-4-5-9(12)10(13)7-8/h4-5,7H,3,6H2,1-2H3,(H,14,16). The second kappa shape index (κ2) is 6.69. The maximum absolute atomic E-state index is 11.6. The number of amides is 2. The van der Waals surface area contributed by atoms with Crippen molar-refractivity contribution in [3.63, 3.8) is 0 Å². The number of carbonyl (C=O) groups excluding carboxylic acids is 1. The highest BCUT2D eigenvalue weighted by molar-refractivity contribution is 6.42. The second-order valence-corrected chi connectivity index (χ2v) is 4.20. The fourth-order valence-electron chi connectivity index (χ4n) is 1.06. The number of nitrogens with one attached hydrogen (secondary N) is 1. The van der Waals surface area contributed by atoms with E-state index in [-0.39, 0.29) is 6.03 Å². The van der Waals surface area contributed by atoms with Crippen molar-refractivity contribution in [3.05, 3.63) is 28.2 Å². The van der Waals surface area contributed by atoms with E-state index in [4.69, 9.17) is 28.0 Å². The van der Waals surface area contributed by atoms with Gasteiger partial charge in [0.25, 0.3) is 0 Å². The van der Waals surface area contributed by atoms with Gasteiger partial charge >= 0.3 is 6.03 Å². The molecule has 0 aliphatic carbocycles. The van der Waals surface area contributed by atoms with Crippen LogP contribution in [0.1, 0.15) is 13.3 Å². The Balaban J connectivity index is 2.58. The van der Waals surface area contributed by atoms with Gasteiger partial charge in [-0.05, 0) is 24.6 Å². The molecule has 0 heterocycles. The number of hydroxylamine groups is 2. The summed E-state index contributed by atoms with van der Waals surface area (Å²) in [7, 11) is 1.54. The summed E-state index contributed by atoms with van der Waals surface area (Å²) in [5.74, 6) is 0. The lowest BCUT2D eigenvalue weighted by molar-refractivity contribution is -0.0936. The van der Waals surface area contributed by atoms with Gasteiger partial charge in [-0.2, -0.15) is 0 Å². The fraction of sp³-hybridized carbons (Fsp3) is 0.364. The number of urea groups is 1. The summed E-state index contributed by atoms with van der Waals surface area (Å²) >= 11 is 11.6. The van der Waals surface area contributed by atoms with Crippen molar-refractivity contribution in [3.8, 4) is 0 Å². The van der Waals surface area contributed by atoms with Gasteiger partial charge in [0.05, 0.1) is 16.7 Å². The lowest BCUT2D eigenvalue weighted by Gasteiger charge is -2.17. The fourth-order valence-corrected chi connectivity index (χ4v) is 1.36. The zero-order chi connectivity index (χ0) is 12.8. The van der Waals surface area contributed by atoms with Crippen LogP contribution < -0.4 is 5.32 Å². The van der Waals surface area contributed by atoms with Gasteiger partial charge in [-0.25, -0.2) is 9.86 Å². The van der Waals surface area contributed by atoms with Crippen LogP contribution in [0.3, 0.4) is 0 Å². The van der Waals surface area contributed by atoms with Crippen LogP contribution in [0.2, 0.25) is 10.0 Å². The molecule has 4 nitrogen and oxygen atoms in total. The monoisotopic (exact) mass is 276 g/mol. The Kier molecular flexibility index (Phi) is 5.55. The molecule has 0 bridgehead atoms. The van der Waals surface area contributed by atoms with Crippen molar-refractivity contribution in [1.82, 2.24) is 5.06 Å². The molecule has 1 rings (SSSR count). The zero-order valence-corrected chi connectivity index (χ0v) is 11.2. The average Bonchev–Trinajstić information content (AvgIpc) is 2.30. The Labute approximate surface area is 110 Å². The van der Waals surface area contributed by atoms with E-state index in [0.717, 1.165) is 11.5 Å². The molecular formula is C11H14Cl2N2O2. The molecule has 1 aromatic rings. The predicted molar refractivity (Wildman–Crippen MR) is 69.5 cm³/mol. The summed E-state index contributed by atoms with van der Waals surface area (Å²) in [5, 5.41) is 4.62. The summed E-state index contributed by atoms with van der Waals surface area (Å²) in [6.45, 7) is 2.45. The first-order chi connectivity index (χ1) is 8.04. The molecule has 17 heavy (non-hydrogen) atoms. The number of rotatable bonds is 4. The normalized spacial score (nSPS) is 10.1. The molecule has 0 saturated heterocycles. The number of benzene rings is 1. The smallest absolute Gasteiger partial charge is 0.306 e. The molecule has 0 aromatic heterocycles. The lowest BCUT2D eigenvalue weighted by Crippen LogP contribution is -2.31. The third-order valence-corrected chi connectivity index (χ3v) is 2.68. The summed E-state index contributed by atoms with van der Waals surface area (Å²) in [6, 6.07) is 4.50. The number of carbonyl (C=O) groups is 1. The minimum absolute atomic E-state index is 0.364. The Morgan fingerprint density at radius 1 is 1.41 bits per heavy atom. The Morgan fingerprint density at radius 2 is 2.12 bits per heavy atom. The minimum atomic E-state index is -0.364. The van der Waals surface area contributed by atoms with Gasteiger partial charge in [-0.15, -0.1) is 0 Å². The first-order valence-electron chi connectivity index (χ1n) is 5.17. The molecule has 94 valence electrons. The van der Waals surface area contributed by atoms with E-state index in [9.17, 15) is 4.79 Å². The van der Waals surface area contributed by atoms with Crippen molar-refractivity contribution in [2.24, 2.45) is 0 Å². The molecule has 2 amide bonds. The van der Waals surface area contributed by atoms with Crippen LogP contribution in [0.5, 0.6) is 0 Å². The van der Waals surface area contributed by atoms with Crippen LogP contribution in [0.15, 0.2) is 18.2 Å². The van der Waals surface area contributed by atoms with Gasteiger partial charge < -0.3 is 5.32 Å². The summed E-state index contributed by atoms with van der Waals surface area (Å²) in [6.07, 6.45) is 0.838. The first kappa shape index (κ1) is 14.1. The molecule has 0 saturated carbocycles. The van der Waals surface area contributed by atoms with E-state index in [0.29, 0.717) is 22.3 Å². The van der Waals surface area contributed by atoms with Gasteiger partial charge in [0.15, 0.2) is 0 Å². The summed E-state index contributed by atoms with van der Waals surface area (Å²) in [5.41, 5.74) is 0.566. The molecule has 0 unspecified atom stereocenters. The average molecular weight is 277 g/mol. The Hall–Kier alpha value is -0.970. The van der Waals surface area contributed by atoms with Gasteiger partial charge in [0.1, 0.15) is 0 Å². The highest BCUT2D eigenvalue weighted by Crippen LogP contribution is 2.25. The SMILES string of the molecule is CCCON(C)C(=O)Nc1ccc(Cl)c(Cl)c1. The van der Waals surface area contributed by atoms with E-state index in [1.165, 1.54) is 0 Å². The topological polar surface area (TPSA) is 41.6 Å². The predicted octanol–water partition coefficient (Wildman–Crippen LogP) is 3.80. The first-order valence-corrected chi connectivity index (χ1v) is 5.93. The molecular weight excluding hydrogens is 263 g/mol. The maximum atomic E-state index is 11.6. The van der Waals surface area contributed by atoms with E-state index in [1.54, 1.807) is 25.2 Å². The van der Waals surface area contributed by atoms with Crippen LogP contribution in [0.25, 0.3) is 0 Å². The molecule has 0 radical (unpaired) electrons. The van der Waals surface area contributed by atoms with Crippen LogP contribution in [-0.2, 0) is 4.84 Å². The van der Waals surface area contributed by atoms with Crippen molar-refractivity contribution < 1.29 is 9.63 Å². The van der Waals surface area contributed by atoms with Gasteiger partial charge in [-0.3, -0.25) is 4.84 Å². The maximum Gasteiger partial charge on any atom is 0.345 e. The third-order valence-electron chi connectivity index (χ3n) is 1.95. The van der Waals surface area contributed by atoms with E-state index in [1.807, 2.05) is 6.92 Å². The number of anilines is 1. The van der Waals surface area contributed by atoms with E-state index in [2.05, 4.69) is 5.32 Å². The third kappa shape index (κ3) is 4.42. The molecule has 1 N–H and O–H groups in total. The van der Waals surface area contributed by atoms with Gasteiger partial charge in [0, 0.05) is 12.7 Å². The Morgan fingerprint density at radius 3 is 2.71 bits per heavy atom. The van der Waals surface area contributed by atoms with Gasteiger partial charge in [-0.1, -0.05) is 30.1 Å². The molecule has 6 heteroatoms. The molecule has 0 spiro atoms. The van der Waals surface area contributed by atoms with E-state index < -0.39 is 0 Å². The summed E-state index contributed by atoms with van der Waals surface area (Å²) in [4.78, 5) is 16.8. The molecule has 0 aliphatic rings. The van der Waals surface area contributed by atoms with Gasteiger partial charge in [0.2, 0.25) is 0 Å². The van der Waals surface area contributed by atoms with Crippen LogP contribution in [0, 0.1) is 0 Å². The minimum Gasteiger partial charge on any atom is -0.306 e. The van der Waals surface area contributed by atoms with Crippen molar-refractivity contribution in [2.75, 3.05) is 19.0 Å². The largest absolute Gasteiger partial charge is 0.345 e.